The zero-order valence-corrected chi connectivity index (χ0v) is 9.03. The molecular weight excluding hydrogens is 207 g/mol. The van der Waals surface area contributed by atoms with Gasteiger partial charge in [0.05, 0.1) is 0 Å². The summed E-state index contributed by atoms with van der Waals surface area (Å²) >= 11 is 0. The average molecular weight is 222 g/mol. The highest BCUT2D eigenvalue weighted by Gasteiger charge is 2.40. The third kappa shape index (κ3) is 2.14. The second kappa shape index (κ2) is 4.34. The van der Waals surface area contributed by atoms with Crippen LogP contribution in [0.5, 0.6) is 0 Å². The monoisotopic (exact) mass is 222 g/mol. The maximum Gasteiger partial charge on any atom is 0.236 e. The molecule has 0 aliphatic heterocycles. The van der Waals surface area contributed by atoms with Crippen LogP contribution in [-0.4, -0.2) is 10.9 Å². The van der Waals surface area contributed by atoms with E-state index >= 15 is 0 Å². The lowest BCUT2D eigenvalue weighted by molar-refractivity contribution is -0.159. The third-order valence-electron chi connectivity index (χ3n) is 3.20. The first-order chi connectivity index (χ1) is 7.60. The van der Waals surface area contributed by atoms with Gasteiger partial charge in [-0.15, -0.1) is 0 Å². The molecule has 16 heavy (non-hydrogen) atoms. The Morgan fingerprint density at radius 2 is 2.00 bits per heavy atom. The van der Waals surface area contributed by atoms with E-state index in [0.29, 0.717) is 19.3 Å². The molecule has 0 spiro atoms. The number of Topliss-reactive ketones (excluding diaryl/α,β-unsaturated/α-hetero) is 1. The topological polar surface area (TPSA) is 37.3 Å². The summed E-state index contributed by atoms with van der Waals surface area (Å²) < 4.78 is 14.3. The Balaban J connectivity index is 2.21. The highest BCUT2D eigenvalue weighted by molar-refractivity contribution is 5.79. The van der Waals surface area contributed by atoms with Crippen LogP contribution in [0.1, 0.15) is 31.2 Å². The fourth-order valence-electron chi connectivity index (χ4n) is 2.26. The van der Waals surface area contributed by atoms with Crippen molar-refractivity contribution in [2.75, 3.05) is 0 Å². The summed E-state index contributed by atoms with van der Waals surface area (Å²) in [6, 6.07) is 8.25. The van der Waals surface area contributed by atoms with Gasteiger partial charge in [0.1, 0.15) is 5.78 Å². The number of rotatable bonds is 2. The summed E-state index contributed by atoms with van der Waals surface area (Å²) in [5.41, 5.74) is 0.245. The Morgan fingerprint density at radius 1 is 1.31 bits per heavy atom. The van der Waals surface area contributed by atoms with E-state index in [9.17, 15) is 14.3 Å². The highest BCUT2D eigenvalue weighted by Crippen LogP contribution is 2.39. The first kappa shape index (κ1) is 11.3. The zero-order chi connectivity index (χ0) is 11.6. The van der Waals surface area contributed by atoms with Gasteiger partial charge in [-0.05, 0) is 12.8 Å². The molecule has 0 radical (unpaired) electrons. The minimum atomic E-state index is -2.38. The fourth-order valence-corrected chi connectivity index (χ4v) is 2.26. The largest absolute Gasteiger partial charge is 0.358 e. The zero-order valence-electron chi connectivity index (χ0n) is 9.03. The quantitative estimate of drug-likeness (QED) is 0.835. The van der Waals surface area contributed by atoms with Crippen LogP contribution in [0.15, 0.2) is 30.3 Å². The highest BCUT2D eigenvalue weighted by atomic mass is 19.2. The number of alkyl halides is 1. The molecule has 1 fully saturated rings. The first-order valence-electron chi connectivity index (χ1n) is 5.59. The van der Waals surface area contributed by atoms with Gasteiger partial charge < -0.3 is 5.11 Å². The maximum absolute atomic E-state index is 14.3. The number of carbonyl (C=O) groups excluding carboxylic acids is 1. The van der Waals surface area contributed by atoms with Crippen LogP contribution < -0.4 is 0 Å². The van der Waals surface area contributed by atoms with Gasteiger partial charge in [0.15, 0.2) is 0 Å². The van der Waals surface area contributed by atoms with Crippen molar-refractivity contribution in [3.63, 3.8) is 0 Å². The predicted octanol–water partition coefficient (Wildman–Crippen LogP) is 2.56. The van der Waals surface area contributed by atoms with Crippen molar-refractivity contribution >= 4 is 5.78 Å². The van der Waals surface area contributed by atoms with Crippen LogP contribution in [0.4, 0.5) is 4.39 Å². The van der Waals surface area contributed by atoms with Gasteiger partial charge in [0.25, 0.3) is 0 Å². The Morgan fingerprint density at radius 3 is 2.62 bits per heavy atom. The molecule has 2 rings (SSSR count). The molecule has 0 amide bonds. The molecule has 3 heteroatoms. The van der Waals surface area contributed by atoms with E-state index in [1.807, 2.05) is 0 Å². The summed E-state index contributed by atoms with van der Waals surface area (Å²) in [6.07, 6.45) is 1.89. The van der Waals surface area contributed by atoms with Gasteiger partial charge in [-0.3, -0.25) is 4.79 Å². The summed E-state index contributed by atoms with van der Waals surface area (Å²) in [5, 5.41) is 9.91. The second-order valence-electron chi connectivity index (χ2n) is 4.37. The Kier molecular flexibility index (Phi) is 3.06. The van der Waals surface area contributed by atoms with E-state index in [1.165, 1.54) is 0 Å². The molecule has 1 aromatic carbocycles. The molecule has 0 heterocycles. The van der Waals surface area contributed by atoms with Crippen molar-refractivity contribution in [1.29, 1.82) is 0 Å². The lowest BCUT2D eigenvalue weighted by Gasteiger charge is -2.31. The number of hydrogen-bond donors (Lipinski definition) is 1. The summed E-state index contributed by atoms with van der Waals surface area (Å²) in [4.78, 5) is 11.3. The normalized spacial score (nSPS) is 25.1. The van der Waals surface area contributed by atoms with E-state index < -0.39 is 11.8 Å². The number of carbonyl (C=O) groups is 1. The maximum atomic E-state index is 14.3. The van der Waals surface area contributed by atoms with Crippen molar-refractivity contribution in [2.45, 2.75) is 31.5 Å². The molecule has 0 bridgehead atoms. The van der Waals surface area contributed by atoms with Crippen LogP contribution in [0.2, 0.25) is 0 Å². The average Bonchev–Trinajstić information content (AvgIpc) is 2.30. The van der Waals surface area contributed by atoms with Crippen molar-refractivity contribution < 1.29 is 14.3 Å². The van der Waals surface area contributed by atoms with Crippen molar-refractivity contribution in [3.05, 3.63) is 35.9 Å². The lowest BCUT2D eigenvalue weighted by Crippen LogP contribution is -2.34. The molecule has 0 aromatic heterocycles. The number of hydrogen-bond acceptors (Lipinski definition) is 2. The van der Waals surface area contributed by atoms with Crippen LogP contribution in [0.3, 0.4) is 0 Å². The molecule has 2 unspecified atom stereocenters. The molecule has 2 nitrogen and oxygen atoms in total. The SMILES string of the molecule is O=C1CCCC(C(O)(F)c2ccccc2)C1. The van der Waals surface area contributed by atoms with Gasteiger partial charge in [0.2, 0.25) is 5.85 Å². The van der Waals surface area contributed by atoms with Crippen LogP contribution in [-0.2, 0) is 10.6 Å². The minimum Gasteiger partial charge on any atom is -0.358 e. The van der Waals surface area contributed by atoms with E-state index in [4.69, 9.17) is 0 Å². The molecule has 2 atom stereocenters. The molecule has 86 valence electrons. The Hall–Kier alpha value is -1.22. The van der Waals surface area contributed by atoms with Gasteiger partial charge in [-0.25, -0.2) is 4.39 Å². The molecule has 1 N–H and O–H groups in total. The van der Waals surface area contributed by atoms with Crippen LogP contribution in [0, 0.1) is 5.92 Å². The van der Waals surface area contributed by atoms with Crippen LogP contribution >= 0.6 is 0 Å². The molecule has 1 aromatic rings. The van der Waals surface area contributed by atoms with Crippen molar-refractivity contribution in [3.8, 4) is 0 Å². The van der Waals surface area contributed by atoms with Gasteiger partial charge >= 0.3 is 0 Å². The minimum absolute atomic E-state index is 0.0447. The molecular formula is C13H15FO2. The fraction of sp³-hybridized carbons (Fsp3) is 0.462. The van der Waals surface area contributed by atoms with Crippen molar-refractivity contribution in [2.24, 2.45) is 5.92 Å². The molecule has 1 aliphatic rings. The number of benzene rings is 1. The van der Waals surface area contributed by atoms with E-state index in [2.05, 4.69) is 0 Å². The molecule has 1 aliphatic carbocycles. The summed E-state index contributed by atoms with van der Waals surface area (Å²) in [7, 11) is 0. The number of aliphatic hydroxyl groups is 1. The van der Waals surface area contributed by atoms with Gasteiger partial charge in [0, 0.05) is 24.3 Å². The smallest absolute Gasteiger partial charge is 0.236 e. The van der Waals surface area contributed by atoms with Crippen molar-refractivity contribution in [1.82, 2.24) is 0 Å². The van der Waals surface area contributed by atoms with E-state index in [-0.39, 0.29) is 17.8 Å². The number of ketones is 1. The number of halogens is 1. The first-order valence-corrected chi connectivity index (χ1v) is 5.59. The summed E-state index contributed by atoms with van der Waals surface area (Å²) in [6.45, 7) is 0. The molecule has 0 saturated heterocycles. The Labute approximate surface area is 94.1 Å². The van der Waals surface area contributed by atoms with E-state index in [1.54, 1.807) is 30.3 Å². The molecule has 1 saturated carbocycles. The van der Waals surface area contributed by atoms with Gasteiger partial charge in [-0.2, -0.15) is 0 Å². The van der Waals surface area contributed by atoms with E-state index in [0.717, 1.165) is 0 Å². The third-order valence-corrected chi connectivity index (χ3v) is 3.20. The standard InChI is InChI=1S/C13H15FO2/c14-13(16,10-5-2-1-3-6-10)11-7-4-8-12(15)9-11/h1-3,5-6,11,16H,4,7-9H2. The Bertz CT molecular complexity index is 373. The predicted molar refractivity (Wildman–Crippen MR) is 58.4 cm³/mol. The second-order valence-corrected chi connectivity index (χ2v) is 4.37. The van der Waals surface area contributed by atoms with Gasteiger partial charge in [-0.1, -0.05) is 30.3 Å². The lowest BCUT2D eigenvalue weighted by atomic mass is 9.80. The summed E-state index contributed by atoms with van der Waals surface area (Å²) in [5.74, 6) is -2.93. The van der Waals surface area contributed by atoms with Crippen LogP contribution in [0.25, 0.3) is 0 Å².